The number of piperidine rings is 1. The molecule has 0 saturated carbocycles. The lowest BCUT2D eigenvalue weighted by atomic mass is 9.89. The van der Waals surface area contributed by atoms with Gasteiger partial charge in [0, 0.05) is 45.5 Å². The van der Waals surface area contributed by atoms with Gasteiger partial charge in [0.05, 0.1) is 35.0 Å². The van der Waals surface area contributed by atoms with Crippen LogP contribution in [0.25, 0.3) is 16.6 Å². The zero-order valence-electron chi connectivity index (χ0n) is 31.9. The third-order valence-corrected chi connectivity index (χ3v) is 12.2. The summed E-state index contributed by atoms with van der Waals surface area (Å²) in [6.45, 7) is 5.76. The number of rotatable bonds is 11. The predicted molar refractivity (Wildman–Crippen MR) is 215 cm³/mol. The molecule has 0 atom stereocenters. The van der Waals surface area contributed by atoms with Gasteiger partial charge in [0.25, 0.3) is 5.56 Å². The fourth-order valence-electron chi connectivity index (χ4n) is 7.17. The van der Waals surface area contributed by atoms with E-state index in [9.17, 15) is 27.7 Å². The van der Waals surface area contributed by atoms with E-state index in [0.29, 0.717) is 74.1 Å². The number of pyridine rings is 1. The maximum atomic E-state index is 15.0. The molecule has 2 aliphatic rings. The first-order valence-corrected chi connectivity index (χ1v) is 20.2. The number of nitriles is 1. The highest BCUT2D eigenvalue weighted by Crippen LogP contribution is 2.35. The Morgan fingerprint density at radius 3 is 2.43 bits per heavy atom. The van der Waals surface area contributed by atoms with Crippen LogP contribution < -0.4 is 25.7 Å². The molecule has 0 bridgehead atoms. The summed E-state index contributed by atoms with van der Waals surface area (Å²) in [7, 11) is -2.67. The minimum Gasteiger partial charge on any atom is -0.453 e. The van der Waals surface area contributed by atoms with Crippen LogP contribution in [0.15, 0.2) is 78.0 Å². The van der Waals surface area contributed by atoms with Gasteiger partial charge in [-0.3, -0.25) is 23.8 Å². The molecule has 1 amide bonds. The first kappa shape index (κ1) is 40.1. The number of carbonyl (C=O) groups excluding carboxylic acids is 1. The minimum atomic E-state index is -4.02. The second-order valence-corrected chi connectivity index (χ2v) is 16.0. The number of ether oxygens (including phenoxy) is 1. The van der Waals surface area contributed by atoms with E-state index >= 15 is 4.39 Å². The van der Waals surface area contributed by atoms with Gasteiger partial charge in [-0.1, -0.05) is 13.0 Å². The lowest BCUT2D eigenvalue weighted by molar-refractivity contribution is -0.133. The van der Waals surface area contributed by atoms with Gasteiger partial charge < -0.3 is 20.3 Å². The molecule has 4 heterocycles. The Hall–Kier alpha value is -6.16. The van der Waals surface area contributed by atoms with Gasteiger partial charge in [0.1, 0.15) is 35.3 Å². The first-order valence-electron chi connectivity index (χ1n) is 18.8. The average Bonchev–Trinajstić information content (AvgIpc) is 3.22. The maximum absolute atomic E-state index is 15.0. The molecule has 302 valence electrons. The summed E-state index contributed by atoms with van der Waals surface area (Å²) in [5, 5.41) is 10.0. The van der Waals surface area contributed by atoms with Crippen LogP contribution >= 0.6 is 0 Å². The Labute approximate surface area is 334 Å². The van der Waals surface area contributed by atoms with Crippen LogP contribution in [0.1, 0.15) is 36.8 Å². The Morgan fingerprint density at radius 1 is 1.00 bits per heavy atom. The molecule has 15 nitrogen and oxygen atoms in total. The van der Waals surface area contributed by atoms with Crippen molar-refractivity contribution in [3.8, 4) is 23.3 Å². The lowest BCUT2D eigenvalue weighted by Crippen LogP contribution is -2.52. The number of halogens is 2. The van der Waals surface area contributed by atoms with E-state index in [-0.39, 0.29) is 46.6 Å². The van der Waals surface area contributed by atoms with Crippen LogP contribution in [-0.4, -0.2) is 102 Å². The number of amides is 1. The van der Waals surface area contributed by atoms with Crippen molar-refractivity contribution in [2.75, 3.05) is 74.8 Å². The van der Waals surface area contributed by atoms with Crippen molar-refractivity contribution in [2.24, 2.45) is 0 Å². The molecule has 0 unspecified atom stereocenters. The van der Waals surface area contributed by atoms with E-state index in [1.165, 1.54) is 42.2 Å². The van der Waals surface area contributed by atoms with Crippen molar-refractivity contribution in [3.05, 3.63) is 106 Å². The van der Waals surface area contributed by atoms with E-state index in [1.54, 1.807) is 37.4 Å². The molecule has 3 N–H and O–H groups in total. The standard InChI is InChI=1S/C40H42F2N10O5S/c1-3-48(2)58(55,56)47-36-10-8-33(41)39(32(36)22-43)57-29-6-9-35-31(21-29)40(54)52(25-46-35)28-5-11-37(45-23-28)50-16-18-51(19-17-50)38(53)24-49-14-12-26(13-15-49)30-7-4-27(44)20-34(30)42/h4-11,20-21,23,25-26,47H,3,12-19,24,44H2,1-2H3. The third-order valence-electron chi connectivity index (χ3n) is 10.6. The van der Waals surface area contributed by atoms with Crippen molar-refractivity contribution in [1.82, 2.24) is 28.6 Å². The molecule has 7 rings (SSSR count). The zero-order chi connectivity index (χ0) is 41.1. The van der Waals surface area contributed by atoms with Gasteiger partial charge in [-0.05, 0) is 92.0 Å². The number of nitrogens with zero attached hydrogens (tertiary/aromatic N) is 8. The predicted octanol–water partition coefficient (Wildman–Crippen LogP) is 4.44. The normalized spacial score (nSPS) is 15.4. The monoisotopic (exact) mass is 812 g/mol. The Bertz CT molecular complexity index is 2550. The molecule has 0 aliphatic carbocycles. The molecule has 2 fully saturated rings. The summed E-state index contributed by atoms with van der Waals surface area (Å²) in [5.41, 5.74) is 6.57. The number of anilines is 3. The second kappa shape index (κ2) is 16.7. The summed E-state index contributed by atoms with van der Waals surface area (Å²) in [4.78, 5) is 42.0. The number of hydrogen-bond acceptors (Lipinski definition) is 11. The maximum Gasteiger partial charge on any atom is 0.301 e. The number of fused-ring (bicyclic) bond motifs is 1. The molecule has 5 aromatic rings. The van der Waals surface area contributed by atoms with E-state index in [2.05, 4.69) is 24.5 Å². The number of hydrogen-bond donors (Lipinski definition) is 2. The number of nitrogen functional groups attached to an aromatic ring is 1. The quantitative estimate of drug-likeness (QED) is 0.180. The van der Waals surface area contributed by atoms with Crippen LogP contribution in [0.2, 0.25) is 0 Å². The van der Waals surface area contributed by atoms with Crippen molar-refractivity contribution >= 4 is 44.2 Å². The number of carbonyl (C=O) groups is 1. The van der Waals surface area contributed by atoms with Crippen molar-refractivity contribution < 1.29 is 26.7 Å². The number of nitrogens with one attached hydrogen (secondary N) is 1. The van der Waals surface area contributed by atoms with Gasteiger partial charge >= 0.3 is 10.2 Å². The van der Waals surface area contributed by atoms with Gasteiger partial charge in [0.15, 0.2) is 11.6 Å². The van der Waals surface area contributed by atoms with E-state index < -0.39 is 27.3 Å². The Balaban J connectivity index is 0.980. The van der Waals surface area contributed by atoms with Gasteiger partial charge in [0.2, 0.25) is 5.91 Å². The summed E-state index contributed by atoms with van der Waals surface area (Å²) in [6, 6.07) is 16.7. The van der Waals surface area contributed by atoms with Crippen LogP contribution in [0.4, 0.5) is 26.0 Å². The molecular weight excluding hydrogens is 771 g/mol. The summed E-state index contributed by atoms with van der Waals surface area (Å²) < 4.78 is 65.1. The smallest absolute Gasteiger partial charge is 0.301 e. The number of aromatic nitrogens is 3. The third kappa shape index (κ3) is 8.42. The van der Waals surface area contributed by atoms with E-state index in [0.717, 1.165) is 29.3 Å². The Kier molecular flexibility index (Phi) is 11.6. The van der Waals surface area contributed by atoms with Crippen LogP contribution in [0, 0.1) is 23.0 Å². The molecule has 3 aromatic carbocycles. The summed E-state index contributed by atoms with van der Waals surface area (Å²) in [6.07, 6.45) is 4.47. The highest BCUT2D eigenvalue weighted by molar-refractivity contribution is 7.90. The van der Waals surface area contributed by atoms with Crippen molar-refractivity contribution in [2.45, 2.75) is 25.7 Å². The van der Waals surface area contributed by atoms with Gasteiger partial charge in [-0.25, -0.2) is 18.7 Å². The SMILES string of the molecule is CCN(C)S(=O)(=O)Nc1ccc(F)c(Oc2ccc3ncn(-c4ccc(N5CCN(C(=O)CN6CCC(c7ccc(N)cc7F)CC6)CC5)nc4)c(=O)c3c2)c1C#N. The van der Waals surface area contributed by atoms with Gasteiger partial charge in [-0.2, -0.15) is 18.0 Å². The van der Waals surface area contributed by atoms with E-state index in [1.807, 2.05) is 11.0 Å². The second-order valence-electron chi connectivity index (χ2n) is 14.2. The number of likely N-dealkylation sites (tertiary alicyclic amines) is 1. The average molecular weight is 813 g/mol. The zero-order valence-corrected chi connectivity index (χ0v) is 32.8. The topological polar surface area (TPSA) is 183 Å². The number of piperazine rings is 1. The molecule has 0 spiro atoms. The fourth-order valence-corrected chi connectivity index (χ4v) is 8.11. The highest BCUT2D eigenvalue weighted by atomic mass is 32.2. The first-order chi connectivity index (χ1) is 27.8. The summed E-state index contributed by atoms with van der Waals surface area (Å²) >= 11 is 0. The fraction of sp³-hybridized carbons (Fsp3) is 0.325. The molecule has 2 saturated heterocycles. The Morgan fingerprint density at radius 2 is 1.76 bits per heavy atom. The molecule has 18 heteroatoms. The number of benzene rings is 3. The van der Waals surface area contributed by atoms with Crippen molar-refractivity contribution in [1.29, 1.82) is 5.26 Å². The molecule has 2 aliphatic heterocycles. The molecule has 2 aromatic heterocycles. The highest BCUT2D eigenvalue weighted by Gasteiger charge is 2.28. The lowest BCUT2D eigenvalue weighted by Gasteiger charge is -2.37. The number of nitrogens with two attached hydrogens (primary N) is 1. The van der Waals surface area contributed by atoms with E-state index in [4.69, 9.17) is 10.5 Å². The molecule has 58 heavy (non-hydrogen) atoms. The molecule has 0 radical (unpaired) electrons. The van der Waals surface area contributed by atoms with Crippen molar-refractivity contribution in [3.63, 3.8) is 0 Å². The largest absolute Gasteiger partial charge is 0.453 e. The van der Waals surface area contributed by atoms with Gasteiger partial charge in [-0.15, -0.1) is 0 Å². The van der Waals surface area contributed by atoms with Crippen LogP contribution in [0.3, 0.4) is 0 Å². The van der Waals surface area contributed by atoms with Crippen LogP contribution in [-0.2, 0) is 15.0 Å². The molecular formula is C40H42F2N10O5S. The minimum absolute atomic E-state index is 0.0203. The summed E-state index contributed by atoms with van der Waals surface area (Å²) in [5.74, 6) is -0.829. The van der Waals surface area contributed by atoms with Crippen LogP contribution in [0.5, 0.6) is 11.5 Å².